The Hall–Kier alpha value is -2.50. The average molecular weight is 266 g/mol. The van der Waals surface area contributed by atoms with Crippen LogP contribution in [-0.4, -0.2) is 10.2 Å². The molecule has 0 fully saturated rings. The van der Waals surface area contributed by atoms with E-state index in [4.69, 9.17) is 14.6 Å². The molecule has 102 valence electrons. The summed E-state index contributed by atoms with van der Waals surface area (Å²) in [7, 11) is 0. The number of rotatable bonds is 1. The van der Waals surface area contributed by atoms with Crippen molar-refractivity contribution in [3.05, 3.63) is 56.6 Å². The summed E-state index contributed by atoms with van der Waals surface area (Å²) in [4.78, 5) is 21.2. The zero-order valence-corrected chi connectivity index (χ0v) is 10.5. The molecule has 0 atom stereocenters. The van der Waals surface area contributed by atoms with Gasteiger partial charge in [0, 0.05) is 18.6 Å². The Morgan fingerprint density at radius 1 is 1.00 bits per heavy atom. The molecular weight excluding hydrogens is 252 g/mol. The van der Waals surface area contributed by atoms with Crippen molar-refractivity contribution < 1.29 is 19.0 Å². The van der Waals surface area contributed by atoms with Gasteiger partial charge in [-0.1, -0.05) is 6.92 Å². The molecule has 19 heavy (non-hydrogen) atoms. The summed E-state index contributed by atoms with van der Waals surface area (Å²) in [6, 6.07) is 2.36. The van der Waals surface area contributed by atoms with Crippen molar-refractivity contribution in [2.24, 2.45) is 0 Å². The van der Waals surface area contributed by atoms with Gasteiger partial charge >= 0.3 is 0 Å². The Balaban J connectivity index is 0.000000191. The SMILES string of the molecule is CCc1occc(=O)c1O.Cc1occc(=O)c1O. The molecule has 0 radical (unpaired) electrons. The summed E-state index contributed by atoms with van der Waals surface area (Å²) in [6.45, 7) is 3.33. The maximum Gasteiger partial charge on any atom is 0.226 e. The van der Waals surface area contributed by atoms with Gasteiger partial charge in [0.15, 0.2) is 0 Å². The highest BCUT2D eigenvalue weighted by Crippen LogP contribution is 2.09. The van der Waals surface area contributed by atoms with Crippen LogP contribution in [0.2, 0.25) is 0 Å². The zero-order chi connectivity index (χ0) is 14.4. The third kappa shape index (κ3) is 3.74. The molecule has 2 aromatic rings. The fraction of sp³-hybridized carbons (Fsp3) is 0.231. The van der Waals surface area contributed by atoms with Crippen LogP contribution in [0.25, 0.3) is 0 Å². The van der Waals surface area contributed by atoms with Crippen molar-refractivity contribution in [3.8, 4) is 11.5 Å². The third-order valence-electron chi connectivity index (χ3n) is 2.28. The van der Waals surface area contributed by atoms with E-state index in [1.807, 2.05) is 0 Å². The lowest BCUT2D eigenvalue weighted by atomic mass is 10.3. The van der Waals surface area contributed by atoms with Gasteiger partial charge in [-0.2, -0.15) is 0 Å². The smallest absolute Gasteiger partial charge is 0.226 e. The van der Waals surface area contributed by atoms with Gasteiger partial charge in [0.05, 0.1) is 12.5 Å². The van der Waals surface area contributed by atoms with E-state index in [1.54, 1.807) is 6.92 Å². The van der Waals surface area contributed by atoms with Crippen LogP contribution in [0.15, 0.2) is 43.1 Å². The standard InChI is InChI=1S/C7H8O3.C6H6O3/c1-2-6-7(9)5(8)3-4-10-6;1-4-6(8)5(7)2-3-9-4/h3-4,9H,2H2,1H3;2-3,8H,1H3. The van der Waals surface area contributed by atoms with Crippen molar-refractivity contribution in [3.63, 3.8) is 0 Å². The molecule has 0 spiro atoms. The molecule has 0 aromatic carbocycles. The lowest BCUT2D eigenvalue weighted by Gasteiger charge is -1.95. The molecule has 0 aliphatic rings. The lowest BCUT2D eigenvalue weighted by molar-refractivity contribution is 0.402. The maximum absolute atomic E-state index is 10.7. The number of hydrogen-bond donors (Lipinski definition) is 2. The third-order valence-corrected chi connectivity index (χ3v) is 2.28. The topological polar surface area (TPSA) is 101 Å². The van der Waals surface area contributed by atoms with E-state index in [-0.39, 0.29) is 22.7 Å². The molecule has 0 unspecified atom stereocenters. The minimum absolute atomic E-state index is 0.252. The van der Waals surface area contributed by atoms with Crippen LogP contribution >= 0.6 is 0 Å². The minimum Gasteiger partial charge on any atom is -0.502 e. The van der Waals surface area contributed by atoms with Crippen molar-refractivity contribution in [2.75, 3.05) is 0 Å². The fourth-order valence-electron chi connectivity index (χ4n) is 1.21. The van der Waals surface area contributed by atoms with Crippen molar-refractivity contribution >= 4 is 0 Å². The second-order valence-corrected chi connectivity index (χ2v) is 3.60. The zero-order valence-electron chi connectivity index (χ0n) is 10.5. The van der Waals surface area contributed by atoms with Crippen molar-refractivity contribution in [1.82, 2.24) is 0 Å². The van der Waals surface area contributed by atoms with E-state index in [1.165, 1.54) is 31.6 Å². The fourth-order valence-corrected chi connectivity index (χ4v) is 1.21. The molecule has 0 aliphatic heterocycles. The van der Waals surface area contributed by atoms with Crippen LogP contribution in [0.4, 0.5) is 0 Å². The summed E-state index contributed by atoms with van der Waals surface area (Å²) >= 11 is 0. The maximum atomic E-state index is 10.7. The van der Waals surface area contributed by atoms with Gasteiger partial charge in [0.25, 0.3) is 0 Å². The normalized spacial score (nSPS) is 9.58. The Bertz CT molecular complexity index is 653. The van der Waals surface area contributed by atoms with Crippen molar-refractivity contribution in [2.45, 2.75) is 20.3 Å². The highest BCUT2D eigenvalue weighted by atomic mass is 16.4. The average Bonchev–Trinajstić information content (AvgIpc) is 2.40. The Kier molecular flexibility index (Phi) is 4.93. The minimum atomic E-state index is -0.404. The molecule has 6 heteroatoms. The van der Waals surface area contributed by atoms with Gasteiger partial charge < -0.3 is 19.0 Å². The molecule has 0 saturated heterocycles. The number of aryl methyl sites for hydroxylation is 2. The van der Waals surface area contributed by atoms with Gasteiger partial charge in [-0.15, -0.1) is 0 Å². The van der Waals surface area contributed by atoms with E-state index in [2.05, 4.69) is 4.42 Å². The van der Waals surface area contributed by atoms with Crippen LogP contribution in [0, 0.1) is 6.92 Å². The van der Waals surface area contributed by atoms with Gasteiger partial charge in [0.1, 0.15) is 11.5 Å². The van der Waals surface area contributed by atoms with Gasteiger partial charge in [-0.25, -0.2) is 0 Å². The highest BCUT2D eigenvalue weighted by Gasteiger charge is 2.02. The Labute approximate surface area is 108 Å². The molecule has 0 bridgehead atoms. The molecule has 2 heterocycles. The number of hydrogen-bond acceptors (Lipinski definition) is 6. The highest BCUT2D eigenvalue weighted by molar-refractivity contribution is 5.22. The lowest BCUT2D eigenvalue weighted by Crippen LogP contribution is -1.99. The van der Waals surface area contributed by atoms with E-state index in [0.717, 1.165) is 0 Å². The molecule has 0 saturated carbocycles. The van der Waals surface area contributed by atoms with E-state index in [9.17, 15) is 9.59 Å². The summed E-state index contributed by atoms with van der Waals surface area (Å²) in [6.07, 6.45) is 3.06. The quantitative estimate of drug-likeness (QED) is 0.812. The largest absolute Gasteiger partial charge is 0.502 e. The molecule has 0 amide bonds. The Morgan fingerprint density at radius 2 is 1.53 bits per heavy atom. The number of aromatic hydroxyl groups is 2. The molecule has 2 aromatic heterocycles. The first kappa shape index (κ1) is 14.6. The van der Waals surface area contributed by atoms with Gasteiger partial charge in [-0.3, -0.25) is 9.59 Å². The first-order valence-electron chi connectivity index (χ1n) is 5.54. The summed E-state index contributed by atoms with van der Waals surface area (Å²) < 4.78 is 9.53. The van der Waals surface area contributed by atoms with Crippen LogP contribution in [0.1, 0.15) is 18.4 Å². The van der Waals surface area contributed by atoms with E-state index < -0.39 is 5.43 Å². The van der Waals surface area contributed by atoms with Crippen molar-refractivity contribution in [1.29, 1.82) is 0 Å². The van der Waals surface area contributed by atoms with E-state index >= 15 is 0 Å². The predicted octanol–water partition coefficient (Wildman–Crippen LogP) is 1.56. The summed E-state index contributed by atoms with van der Waals surface area (Å²) in [5.74, 6) is 0.0116. The predicted molar refractivity (Wildman–Crippen MR) is 67.4 cm³/mol. The molecule has 2 N–H and O–H groups in total. The summed E-state index contributed by atoms with van der Waals surface area (Å²) in [5, 5.41) is 17.8. The van der Waals surface area contributed by atoms with Crippen LogP contribution in [0.3, 0.4) is 0 Å². The van der Waals surface area contributed by atoms with Gasteiger partial charge in [0.2, 0.25) is 22.4 Å². The molecular formula is C13H14O6. The Morgan fingerprint density at radius 3 is 1.95 bits per heavy atom. The second kappa shape index (κ2) is 6.44. The molecule has 6 nitrogen and oxygen atoms in total. The monoisotopic (exact) mass is 266 g/mol. The first-order chi connectivity index (χ1) is 8.97. The van der Waals surface area contributed by atoms with Gasteiger partial charge in [-0.05, 0) is 6.92 Å². The van der Waals surface area contributed by atoms with Crippen LogP contribution < -0.4 is 10.9 Å². The van der Waals surface area contributed by atoms with Crippen LogP contribution in [-0.2, 0) is 6.42 Å². The van der Waals surface area contributed by atoms with E-state index in [0.29, 0.717) is 12.2 Å². The molecule has 0 aliphatic carbocycles. The second-order valence-electron chi connectivity index (χ2n) is 3.60. The summed E-state index contributed by atoms with van der Waals surface area (Å²) in [5.41, 5.74) is -0.790. The first-order valence-corrected chi connectivity index (χ1v) is 5.54. The van der Waals surface area contributed by atoms with Crippen LogP contribution in [0.5, 0.6) is 11.5 Å². The molecule has 2 rings (SSSR count).